The Bertz CT molecular complexity index is 847. The number of methoxy groups -OCH3 is 1. The Kier molecular flexibility index (Phi) is 3.81. The van der Waals surface area contributed by atoms with E-state index in [1.807, 2.05) is 24.3 Å². The minimum atomic E-state index is -0.457. The molecule has 0 saturated heterocycles. The fourth-order valence-corrected chi connectivity index (χ4v) is 2.88. The van der Waals surface area contributed by atoms with E-state index in [9.17, 15) is 4.79 Å². The van der Waals surface area contributed by atoms with Crippen molar-refractivity contribution in [2.24, 2.45) is 0 Å². The quantitative estimate of drug-likeness (QED) is 0.477. The number of pyridine rings is 1. The van der Waals surface area contributed by atoms with Crippen LogP contribution in [0.25, 0.3) is 17.0 Å². The van der Waals surface area contributed by atoms with Crippen molar-refractivity contribution >= 4 is 45.8 Å². The summed E-state index contributed by atoms with van der Waals surface area (Å²) in [5.41, 5.74) is 1.77. The lowest BCUT2D eigenvalue weighted by Gasteiger charge is -2.05. The first-order valence-electron chi connectivity index (χ1n) is 5.99. The van der Waals surface area contributed by atoms with Crippen LogP contribution in [0.2, 0.25) is 5.02 Å². The molecule has 5 nitrogen and oxygen atoms in total. The van der Waals surface area contributed by atoms with Crippen molar-refractivity contribution in [3.8, 4) is 11.4 Å². The topological polar surface area (TPSA) is 56.5 Å². The van der Waals surface area contributed by atoms with Crippen LogP contribution in [0.5, 0.6) is 0 Å². The number of carbonyl (C=O) groups excluding carboxylic acids is 1. The number of hydrogen-bond acceptors (Lipinski definition) is 4. The van der Waals surface area contributed by atoms with Crippen LogP contribution in [-0.4, -0.2) is 27.7 Å². The van der Waals surface area contributed by atoms with E-state index in [0.717, 1.165) is 9.13 Å². The van der Waals surface area contributed by atoms with Gasteiger partial charge in [0, 0.05) is 15.3 Å². The molecule has 7 heteroatoms. The van der Waals surface area contributed by atoms with Crippen LogP contribution >= 0.6 is 34.2 Å². The molecule has 2 aromatic heterocycles. The predicted molar refractivity (Wildman–Crippen MR) is 87.5 cm³/mol. The average molecular weight is 414 g/mol. The molecule has 0 radical (unpaired) electrons. The van der Waals surface area contributed by atoms with Crippen LogP contribution in [0.15, 0.2) is 36.5 Å². The summed E-state index contributed by atoms with van der Waals surface area (Å²) in [6.45, 7) is 0. The van der Waals surface area contributed by atoms with Gasteiger partial charge in [-0.25, -0.2) is 4.79 Å². The second-order valence-corrected chi connectivity index (χ2v) is 5.83. The number of benzene rings is 1. The summed E-state index contributed by atoms with van der Waals surface area (Å²) in [5.74, 6) is 0.170. The molecular weight excluding hydrogens is 405 g/mol. The van der Waals surface area contributed by atoms with Gasteiger partial charge in [0.05, 0.1) is 17.7 Å². The largest absolute Gasteiger partial charge is 0.465 e. The number of fused-ring (bicyclic) bond motifs is 1. The van der Waals surface area contributed by atoms with Crippen LogP contribution in [0.1, 0.15) is 10.4 Å². The number of carbonyl (C=O) groups is 1. The monoisotopic (exact) mass is 413 g/mol. The van der Waals surface area contributed by atoms with Gasteiger partial charge in [-0.3, -0.25) is 4.40 Å². The third-order valence-corrected chi connectivity index (χ3v) is 4.21. The average Bonchev–Trinajstić information content (AvgIpc) is 2.91. The summed E-state index contributed by atoms with van der Waals surface area (Å²) < 4.78 is 7.46. The first-order chi connectivity index (χ1) is 10.1. The third kappa shape index (κ3) is 2.49. The molecule has 0 aliphatic heterocycles. The van der Waals surface area contributed by atoms with Crippen LogP contribution < -0.4 is 0 Å². The van der Waals surface area contributed by atoms with Crippen molar-refractivity contribution in [1.82, 2.24) is 14.6 Å². The van der Waals surface area contributed by atoms with Crippen LogP contribution in [-0.2, 0) is 4.74 Å². The van der Waals surface area contributed by atoms with Gasteiger partial charge in [-0.2, -0.15) is 0 Å². The maximum absolute atomic E-state index is 11.7. The number of esters is 1. The molecule has 0 aliphatic carbocycles. The molecule has 0 amide bonds. The Morgan fingerprint density at radius 1 is 1.33 bits per heavy atom. The molecule has 106 valence electrons. The molecule has 0 spiro atoms. The summed E-state index contributed by atoms with van der Waals surface area (Å²) in [4.78, 5) is 11.7. The number of halogens is 2. The summed E-state index contributed by atoms with van der Waals surface area (Å²) in [6.07, 6.45) is 1.63. The van der Waals surface area contributed by atoms with E-state index in [4.69, 9.17) is 16.3 Å². The van der Waals surface area contributed by atoms with E-state index in [1.54, 1.807) is 10.6 Å². The van der Waals surface area contributed by atoms with Crippen molar-refractivity contribution in [2.75, 3.05) is 7.11 Å². The lowest BCUT2D eigenvalue weighted by atomic mass is 10.2. The number of rotatable bonds is 2. The lowest BCUT2D eigenvalue weighted by molar-refractivity contribution is 0.0600. The third-order valence-electron chi connectivity index (χ3n) is 3.00. The highest BCUT2D eigenvalue weighted by molar-refractivity contribution is 14.1. The van der Waals surface area contributed by atoms with Crippen LogP contribution in [0, 0.1) is 3.57 Å². The molecule has 21 heavy (non-hydrogen) atoms. The molecule has 3 rings (SSSR count). The van der Waals surface area contributed by atoms with Crippen LogP contribution in [0.4, 0.5) is 0 Å². The van der Waals surface area contributed by atoms with Crippen molar-refractivity contribution in [3.05, 3.63) is 50.7 Å². The highest BCUT2D eigenvalue weighted by Crippen LogP contribution is 2.27. The molecule has 2 heterocycles. The Hall–Kier alpha value is -1.67. The Morgan fingerprint density at radius 3 is 2.81 bits per heavy atom. The fourth-order valence-electron chi connectivity index (χ4n) is 2.01. The number of ether oxygens (including phenoxy) is 1. The minimum Gasteiger partial charge on any atom is -0.465 e. The Labute approximate surface area is 139 Å². The molecule has 1 aromatic carbocycles. The molecule has 3 aromatic rings. The molecule has 0 atom stereocenters. The molecule has 0 unspecified atom stereocenters. The second-order valence-electron chi connectivity index (χ2n) is 4.27. The van der Waals surface area contributed by atoms with Crippen molar-refractivity contribution in [2.45, 2.75) is 0 Å². The molecule has 0 N–H and O–H groups in total. The van der Waals surface area contributed by atoms with Gasteiger partial charge in [0.15, 0.2) is 11.5 Å². The van der Waals surface area contributed by atoms with Gasteiger partial charge in [-0.05, 0) is 34.7 Å². The van der Waals surface area contributed by atoms with E-state index in [0.29, 0.717) is 22.1 Å². The van der Waals surface area contributed by atoms with Gasteiger partial charge in [0.25, 0.3) is 0 Å². The van der Waals surface area contributed by atoms with E-state index < -0.39 is 5.97 Å². The van der Waals surface area contributed by atoms with Gasteiger partial charge in [0.2, 0.25) is 0 Å². The second kappa shape index (κ2) is 5.61. The summed E-state index contributed by atoms with van der Waals surface area (Å²) >= 11 is 8.40. The van der Waals surface area contributed by atoms with E-state index >= 15 is 0 Å². The number of hydrogen-bond donors (Lipinski definition) is 0. The first kappa shape index (κ1) is 14.3. The van der Waals surface area contributed by atoms with Gasteiger partial charge < -0.3 is 4.74 Å². The first-order valence-corrected chi connectivity index (χ1v) is 7.45. The normalized spacial score (nSPS) is 10.8. The fraction of sp³-hybridized carbons (Fsp3) is 0.0714. The van der Waals surface area contributed by atoms with Crippen molar-refractivity contribution in [1.29, 1.82) is 0 Å². The number of aromatic nitrogens is 3. The summed E-state index contributed by atoms with van der Waals surface area (Å²) in [5, 5.41) is 8.62. The van der Waals surface area contributed by atoms with Gasteiger partial charge in [-0.15, -0.1) is 10.2 Å². The van der Waals surface area contributed by atoms with E-state index in [1.165, 1.54) is 13.2 Å². The molecule has 0 bridgehead atoms. The van der Waals surface area contributed by atoms with Crippen LogP contribution in [0.3, 0.4) is 0 Å². The molecule has 0 saturated carbocycles. The summed E-state index contributed by atoms with van der Waals surface area (Å²) in [6, 6.07) is 9.31. The highest BCUT2D eigenvalue weighted by atomic mass is 127. The zero-order valence-electron chi connectivity index (χ0n) is 10.9. The molecule has 0 aliphatic rings. The molecule has 0 fully saturated rings. The van der Waals surface area contributed by atoms with Gasteiger partial charge in [-0.1, -0.05) is 29.8 Å². The lowest BCUT2D eigenvalue weighted by Crippen LogP contribution is -2.04. The molecular formula is C14H9ClIN3O2. The zero-order valence-corrected chi connectivity index (χ0v) is 13.8. The SMILES string of the molecule is COC(=O)c1cc(Cl)c2nnc(-c3ccccc3I)n2c1. The Morgan fingerprint density at radius 2 is 2.10 bits per heavy atom. The maximum Gasteiger partial charge on any atom is 0.339 e. The van der Waals surface area contributed by atoms with Crippen molar-refractivity contribution < 1.29 is 9.53 Å². The van der Waals surface area contributed by atoms with E-state index in [-0.39, 0.29) is 0 Å². The number of nitrogens with zero attached hydrogens (tertiary/aromatic N) is 3. The Balaban J connectivity index is 2.28. The standard InChI is InChI=1S/C14H9ClIN3O2/c1-21-14(20)8-6-10(15)13-18-17-12(19(13)7-8)9-4-2-3-5-11(9)16/h2-7H,1H3. The minimum absolute atomic E-state index is 0.349. The van der Waals surface area contributed by atoms with Gasteiger partial charge >= 0.3 is 5.97 Å². The zero-order chi connectivity index (χ0) is 15.0. The van der Waals surface area contributed by atoms with Crippen molar-refractivity contribution in [3.63, 3.8) is 0 Å². The maximum atomic E-state index is 11.7. The van der Waals surface area contributed by atoms with E-state index in [2.05, 4.69) is 32.8 Å². The smallest absolute Gasteiger partial charge is 0.339 e. The van der Waals surface area contributed by atoms with Gasteiger partial charge in [0.1, 0.15) is 0 Å². The highest BCUT2D eigenvalue weighted by Gasteiger charge is 2.16. The summed E-state index contributed by atoms with van der Waals surface area (Å²) in [7, 11) is 1.33. The predicted octanol–water partition coefficient (Wildman–Crippen LogP) is 3.44.